The van der Waals surface area contributed by atoms with E-state index in [0.29, 0.717) is 6.42 Å². The van der Waals surface area contributed by atoms with Crippen LogP contribution in [0, 0.1) is 11.8 Å². The van der Waals surface area contributed by atoms with E-state index in [1.807, 2.05) is 31.2 Å². The number of benzene rings is 1. The van der Waals surface area contributed by atoms with Crippen LogP contribution in [0.15, 0.2) is 34.5 Å². The minimum atomic E-state index is -1.12. The lowest BCUT2D eigenvalue weighted by Gasteiger charge is -2.45. The Balaban J connectivity index is 2.11. The highest BCUT2D eigenvalue weighted by molar-refractivity contribution is 6.12. The number of fused-ring (bicyclic) bond motifs is 1. The highest BCUT2D eigenvalue weighted by Crippen LogP contribution is 2.48. The van der Waals surface area contributed by atoms with Crippen molar-refractivity contribution in [2.24, 2.45) is 22.0 Å². The van der Waals surface area contributed by atoms with E-state index in [9.17, 15) is 9.90 Å². The number of methoxy groups -OCH3 is 1. The van der Waals surface area contributed by atoms with Gasteiger partial charge in [0, 0.05) is 24.0 Å². The third-order valence-electron chi connectivity index (χ3n) is 5.01. The molecule has 1 aromatic carbocycles. The Kier molecular flexibility index (Phi) is 3.84. The van der Waals surface area contributed by atoms with Crippen LogP contribution in [-0.2, 0) is 4.79 Å². The SMILES string of the molecule is COc1ccc([C@@H]2[C@@H]3C(C)=NN=C3C[C@@](C)(O)[C@H]2C(C)=O)cc1. The summed E-state index contributed by atoms with van der Waals surface area (Å²) in [6, 6.07) is 7.69. The first-order valence-electron chi connectivity index (χ1n) is 7.83. The molecule has 23 heavy (non-hydrogen) atoms. The van der Waals surface area contributed by atoms with Gasteiger partial charge in [-0.15, -0.1) is 0 Å². The van der Waals surface area contributed by atoms with Crippen molar-refractivity contribution in [3.63, 3.8) is 0 Å². The summed E-state index contributed by atoms with van der Waals surface area (Å²) in [6.45, 7) is 5.22. The van der Waals surface area contributed by atoms with Gasteiger partial charge in [0.1, 0.15) is 11.5 Å². The van der Waals surface area contributed by atoms with Gasteiger partial charge in [0.05, 0.1) is 24.3 Å². The summed E-state index contributed by atoms with van der Waals surface area (Å²) in [7, 11) is 1.62. The highest BCUT2D eigenvalue weighted by atomic mass is 16.5. The summed E-state index contributed by atoms with van der Waals surface area (Å²) in [5, 5.41) is 19.3. The maximum Gasteiger partial charge on any atom is 0.136 e. The number of hydrogen-bond donors (Lipinski definition) is 1. The van der Waals surface area contributed by atoms with E-state index in [1.54, 1.807) is 21.0 Å². The van der Waals surface area contributed by atoms with Crippen LogP contribution in [0.4, 0.5) is 0 Å². The van der Waals surface area contributed by atoms with Gasteiger partial charge in [0.25, 0.3) is 0 Å². The van der Waals surface area contributed by atoms with Gasteiger partial charge in [-0.25, -0.2) is 0 Å². The van der Waals surface area contributed by atoms with Crippen molar-refractivity contribution >= 4 is 17.2 Å². The number of ketones is 1. The van der Waals surface area contributed by atoms with Crippen molar-refractivity contribution in [3.8, 4) is 5.75 Å². The molecule has 1 heterocycles. The van der Waals surface area contributed by atoms with Crippen molar-refractivity contribution in [3.05, 3.63) is 29.8 Å². The molecular weight excluding hydrogens is 292 g/mol. The monoisotopic (exact) mass is 314 g/mol. The van der Waals surface area contributed by atoms with Crippen molar-refractivity contribution in [1.29, 1.82) is 0 Å². The molecule has 4 atom stereocenters. The van der Waals surface area contributed by atoms with Crippen LogP contribution >= 0.6 is 0 Å². The first-order chi connectivity index (χ1) is 10.8. The Morgan fingerprint density at radius 1 is 1.30 bits per heavy atom. The second kappa shape index (κ2) is 5.57. The molecule has 3 rings (SSSR count). The summed E-state index contributed by atoms with van der Waals surface area (Å²) in [5.41, 5.74) is 1.65. The quantitative estimate of drug-likeness (QED) is 0.932. The zero-order valence-corrected chi connectivity index (χ0v) is 13.9. The third kappa shape index (κ3) is 2.59. The fourth-order valence-corrected chi connectivity index (χ4v) is 4.08. The molecule has 0 bridgehead atoms. The smallest absolute Gasteiger partial charge is 0.136 e. The van der Waals surface area contributed by atoms with Gasteiger partial charge in [0.15, 0.2) is 0 Å². The van der Waals surface area contributed by atoms with E-state index < -0.39 is 11.5 Å². The number of carbonyl (C=O) groups is 1. The predicted molar refractivity (Wildman–Crippen MR) is 89.2 cm³/mol. The number of nitrogens with zero attached hydrogens (tertiary/aromatic N) is 2. The fourth-order valence-electron chi connectivity index (χ4n) is 4.08. The molecule has 1 aliphatic heterocycles. The molecule has 1 aromatic rings. The van der Waals surface area contributed by atoms with Crippen LogP contribution in [0.2, 0.25) is 0 Å². The summed E-state index contributed by atoms with van der Waals surface area (Å²) in [4.78, 5) is 12.4. The molecule has 1 saturated carbocycles. The normalized spacial score (nSPS) is 32.8. The van der Waals surface area contributed by atoms with Crippen molar-refractivity contribution < 1.29 is 14.6 Å². The second-order valence-electron chi connectivity index (χ2n) is 6.73. The van der Waals surface area contributed by atoms with E-state index in [4.69, 9.17) is 4.74 Å². The maximum absolute atomic E-state index is 12.4. The molecule has 1 fully saturated rings. The number of aliphatic hydroxyl groups is 1. The molecule has 1 aliphatic carbocycles. The molecule has 0 unspecified atom stereocenters. The molecule has 2 aliphatic rings. The van der Waals surface area contributed by atoms with E-state index in [0.717, 1.165) is 22.7 Å². The fraction of sp³-hybridized carbons (Fsp3) is 0.500. The van der Waals surface area contributed by atoms with Gasteiger partial charge in [-0.3, -0.25) is 4.79 Å². The molecule has 0 radical (unpaired) electrons. The Morgan fingerprint density at radius 3 is 2.52 bits per heavy atom. The van der Waals surface area contributed by atoms with Crippen LogP contribution < -0.4 is 4.74 Å². The largest absolute Gasteiger partial charge is 0.497 e. The Labute approximate surface area is 136 Å². The molecule has 0 saturated heterocycles. The Morgan fingerprint density at radius 2 is 1.96 bits per heavy atom. The average molecular weight is 314 g/mol. The van der Waals surface area contributed by atoms with Crippen molar-refractivity contribution in [2.75, 3.05) is 7.11 Å². The minimum Gasteiger partial charge on any atom is -0.497 e. The van der Waals surface area contributed by atoms with Gasteiger partial charge in [-0.2, -0.15) is 10.2 Å². The van der Waals surface area contributed by atoms with Gasteiger partial charge in [-0.05, 0) is 38.5 Å². The first kappa shape index (κ1) is 15.9. The highest BCUT2D eigenvalue weighted by Gasteiger charge is 2.53. The lowest BCUT2D eigenvalue weighted by Crippen LogP contribution is -2.53. The van der Waals surface area contributed by atoms with Crippen molar-refractivity contribution in [1.82, 2.24) is 0 Å². The number of rotatable bonds is 3. The first-order valence-corrected chi connectivity index (χ1v) is 7.83. The summed E-state index contributed by atoms with van der Waals surface area (Å²) in [5.74, 6) is 0.101. The van der Waals surface area contributed by atoms with E-state index in [-0.39, 0.29) is 17.6 Å². The van der Waals surface area contributed by atoms with Gasteiger partial charge in [0.2, 0.25) is 0 Å². The zero-order chi connectivity index (χ0) is 16.8. The number of carbonyl (C=O) groups excluding carboxylic acids is 1. The molecule has 5 heteroatoms. The van der Waals surface area contributed by atoms with E-state index in [2.05, 4.69) is 10.2 Å². The topological polar surface area (TPSA) is 71.2 Å². The van der Waals surface area contributed by atoms with E-state index in [1.165, 1.54) is 0 Å². The summed E-state index contributed by atoms with van der Waals surface area (Å²) < 4.78 is 5.22. The molecule has 0 spiro atoms. The molecule has 122 valence electrons. The second-order valence-corrected chi connectivity index (χ2v) is 6.73. The average Bonchev–Trinajstić information content (AvgIpc) is 2.85. The van der Waals surface area contributed by atoms with Crippen LogP contribution in [0.3, 0.4) is 0 Å². The zero-order valence-electron chi connectivity index (χ0n) is 13.9. The minimum absolute atomic E-state index is 0.00503. The molecule has 0 aromatic heterocycles. The molecule has 5 nitrogen and oxygen atoms in total. The summed E-state index contributed by atoms with van der Waals surface area (Å²) >= 11 is 0. The van der Waals surface area contributed by atoms with Crippen LogP contribution in [0.25, 0.3) is 0 Å². The van der Waals surface area contributed by atoms with Gasteiger partial charge in [-0.1, -0.05) is 12.1 Å². The Hall–Kier alpha value is -2.01. The van der Waals surface area contributed by atoms with E-state index >= 15 is 0 Å². The molecular formula is C18H22N2O3. The van der Waals surface area contributed by atoms with Gasteiger partial charge >= 0.3 is 0 Å². The molecule has 1 N–H and O–H groups in total. The lowest BCUT2D eigenvalue weighted by atomic mass is 9.59. The summed E-state index contributed by atoms with van der Waals surface area (Å²) in [6.07, 6.45) is 0.384. The maximum atomic E-state index is 12.4. The van der Waals surface area contributed by atoms with Crippen molar-refractivity contribution in [2.45, 2.75) is 38.7 Å². The van der Waals surface area contributed by atoms with Crippen LogP contribution in [0.1, 0.15) is 38.7 Å². The van der Waals surface area contributed by atoms with Crippen LogP contribution in [0.5, 0.6) is 5.75 Å². The third-order valence-corrected chi connectivity index (χ3v) is 5.01. The predicted octanol–water partition coefficient (Wildman–Crippen LogP) is 2.59. The number of Topliss-reactive ketones (excluding diaryl/α,β-unsaturated/α-hetero) is 1. The molecule has 0 amide bonds. The van der Waals surface area contributed by atoms with Crippen LogP contribution in [-0.4, -0.2) is 35.0 Å². The lowest BCUT2D eigenvalue weighted by molar-refractivity contribution is -0.131. The number of ether oxygens (including phenoxy) is 1. The number of hydrogen-bond acceptors (Lipinski definition) is 5. The Bertz CT molecular complexity index is 689. The van der Waals surface area contributed by atoms with Gasteiger partial charge < -0.3 is 9.84 Å². The standard InChI is InChI=1S/C18H22N2O3/c1-10-15-14(20-19-10)9-18(3,22)17(11(2)21)16(15)12-5-7-13(23-4)8-6-12/h5-8,15-17,22H,9H2,1-4H3/t15-,16-,17+,18-/m1/s1.